The molecule has 6 aromatic carbocycles. The van der Waals surface area contributed by atoms with Crippen LogP contribution in [-0.4, -0.2) is 0 Å². The lowest BCUT2D eigenvalue weighted by Gasteiger charge is -2.27. The van der Waals surface area contributed by atoms with E-state index < -0.39 is 12.1 Å². The third-order valence-corrected chi connectivity index (χ3v) is 18.0. The number of hydrogen-bond donors (Lipinski definition) is 2. The van der Waals surface area contributed by atoms with Gasteiger partial charge in [-0.15, -0.1) is 0 Å². The van der Waals surface area contributed by atoms with E-state index in [-0.39, 0.29) is 0 Å². The highest BCUT2D eigenvalue weighted by molar-refractivity contribution is 8.26. The summed E-state index contributed by atoms with van der Waals surface area (Å²) >= 11 is 13.3. The second kappa shape index (κ2) is 14.0. The van der Waals surface area contributed by atoms with Gasteiger partial charge in [-0.3, -0.25) is 0 Å². The molecule has 0 aromatic heterocycles. The fourth-order valence-corrected chi connectivity index (χ4v) is 13.9. The van der Waals surface area contributed by atoms with Crippen LogP contribution in [0.15, 0.2) is 182 Å². The van der Waals surface area contributed by atoms with E-state index >= 15 is 0 Å². The molecule has 0 radical (unpaired) electrons. The van der Waals surface area contributed by atoms with Crippen molar-refractivity contribution in [2.75, 3.05) is 0 Å². The number of nitrogens with two attached hydrogens (primary N) is 2. The molecule has 2 nitrogen and oxygen atoms in total. The smallest absolute Gasteiger partial charge is 0.0395 e. The van der Waals surface area contributed by atoms with Gasteiger partial charge < -0.3 is 11.5 Å². The first-order valence-corrected chi connectivity index (χ1v) is 20.6. The zero-order chi connectivity index (χ0) is 32.0. The molecule has 46 heavy (non-hydrogen) atoms. The standard InChI is InChI=1S/C40H34N2P2S2/c41-37(35-25-13-15-27-39(35)43(45,31-17-5-1-6-18-31)32-19-7-2-8-20-32)29-30-38(42)36-26-14-16-28-40(36)44(46,33-21-9-3-10-22-33)34-23-11-4-12-24-34/h1-30H,41-42H2/b37-29-,38-30-. The summed E-state index contributed by atoms with van der Waals surface area (Å²) in [7, 11) is 0. The molecule has 0 unspecified atom stereocenters. The third-order valence-electron chi connectivity index (χ3n) is 8.03. The minimum atomic E-state index is -2.42. The van der Waals surface area contributed by atoms with Gasteiger partial charge in [0.1, 0.15) is 0 Å². The Kier molecular flexibility index (Phi) is 9.64. The van der Waals surface area contributed by atoms with Crippen molar-refractivity contribution in [2.24, 2.45) is 11.5 Å². The minimum absolute atomic E-state index is 0.600. The highest BCUT2D eigenvalue weighted by Gasteiger charge is 2.29. The molecule has 6 rings (SSSR count). The Hall–Kier alpha value is -4.30. The Labute approximate surface area is 282 Å². The Balaban J connectivity index is 1.46. The van der Waals surface area contributed by atoms with E-state index in [4.69, 9.17) is 35.1 Å². The van der Waals surface area contributed by atoms with Crippen molar-refractivity contribution < 1.29 is 0 Å². The van der Waals surface area contributed by atoms with Gasteiger partial charge in [0.2, 0.25) is 0 Å². The van der Waals surface area contributed by atoms with Gasteiger partial charge in [-0.25, -0.2) is 0 Å². The normalized spacial score (nSPS) is 12.5. The van der Waals surface area contributed by atoms with Crippen molar-refractivity contribution in [3.8, 4) is 0 Å². The lowest BCUT2D eigenvalue weighted by atomic mass is 10.1. The molecule has 0 fully saturated rings. The van der Waals surface area contributed by atoms with Crippen molar-refractivity contribution in [1.82, 2.24) is 0 Å². The molecule has 0 spiro atoms. The number of benzene rings is 6. The van der Waals surface area contributed by atoms with E-state index in [2.05, 4.69) is 121 Å². The van der Waals surface area contributed by atoms with Crippen LogP contribution in [0.5, 0.6) is 0 Å². The summed E-state index contributed by atoms with van der Waals surface area (Å²) in [5, 5.41) is 6.57. The van der Waals surface area contributed by atoms with Crippen LogP contribution in [0.4, 0.5) is 0 Å². The second-order valence-electron chi connectivity index (χ2n) is 10.8. The van der Waals surface area contributed by atoms with Gasteiger partial charge in [-0.05, 0) is 33.4 Å². The highest BCUT2D eigenvalue weighted by atomic mass is 32.4. The van der Waals surface area contributed by atoms with Crippen molar-refractivity contribution in [3.05, 3.63) is 193 Å². The molecule has 6 aromatic rings. The summed E-state index contributed by atoms with van der Waals surface area (Å²) in [5.74, 6) is 0. The molecule has 0 saturated heterocycles. The monoisotopic (exact) mass is 668 g/mol. The molecule has 4 N–H and O–H groups in total. The minimum Gasteiger partial charge on any atom is -0.398 e. The van der Waals surface area contributed by atoms with Gasteiger partial charge in [-0.1, -0.05) is 193 Å². The highest BCUT2D eigenvalue weighted by Crippen LogP contribution is 2.45. The average molecular weight is 669 g/mol. The van der Waals surface area contributed by atoms with Crippen LogP contribution in [0.1, 0.15) is 11.1 Å². The summed E-state index contributed by atoms with van der Waals surface area (Å²) in [6, 6.07) is 53.1. The molecule has 0 heterocycles. The SMILES string of the molecule is N/C(=C\C=C(/N)c1ccccc1P(=S)(c1ccccc1)c1ccccc1)c1ccccc1P(=S)(c1ccccc1)c1ccccc1. The van der Waals surface area contributed by atoms with E-state index in [0.717, 1.165) is 43.0 Å². The Bertz CT molecular complexity index is 1870. The predicted octanol–water partition coefficient (Wildman–Crippen LogP) is 6.50. The van der Waals surface area contributed by atoms with Gasteiger partial charge >= 0.3 is 0 Å². The van der Waals surface area contributed by atoms with Gasteiger partial charge in [0.05, 0.1) is 0 Å². The van der Waals surface area contributed by atoms with Crippen LogP contribution in [0.25, 0.3) is 11.4 Å². The van der Waals surface area contributed by atoms with E-state index in [0.29, 0.717) is 11.4 Å². The van der Waals surface area contributed by atoms with Gasteiger partial charge in [0, 0.05) is 45.2 Å². The summed E-state index contributed by atoms with van der Waals surface area (Å²) in [6.07, 6.45) is 3.80. The van der Waals surface area contributed by atoms with Gasteiger partial charge in [0.15, 0.2) is 0 Å². The fourth-order valence-electron chi connectivity index (χ4n) is 5.75. The number of rotatable bonds is 9. The zero-order valence-electron chi connectivity index (χ0n) is 25.2. The second-order valence-corrected chi connectivity index (χ2v) is 19.6. The van der Waals surface area contributed by atoms with Crippen LogP contribution in [0.3, 0.4) is 0 Å². The largest absolute Gasteiger partial charge is 0.398 e. The molecule has 0 amide bonds. The Morgan fingerprint density at radius 1 is 0.370 bits per heavy atom. The van der Waals surface area contributed by atoms with Crippen molar-refractivity contribution in [2.45, 2.75) is 0 Å². The molecule has 0 aliphatic carbocycles. The maximum atomic E-state index is 6.90. The first kappa shape index (κ1) is 31.7. The van der Waals surface area contributed by atoms with Crippen LogP contribution in [0, 0.1) is 0 Å². The molecule has 0 atom stereocenters. The lowest BCUT2D eigenvalue weighted by molar-refractivity contribution is 1.52. The molecule has 0 saturated carbocycles. The molecular formula is C40H34N2P2S2. The van der Waals surface area contributed by atoms with Crippen LogP contribution in [-0.2, 0) is 23.6 Å². The van der Waals surface area contributed by atoms with Crippen molar-refractivity contribution >= 4 is 78.9 Å². The first-order chi connectivity index (χ1) is 22.4. The molecule has 0 bridgehead atoms. The molecule has 226 valence electrons. The van der Waals surface area contributed by atoms with Crippen LogP contribution >= 0.6 is 12.1 Å². The molecule has 0 aliphatic heterocycles. The lowest BCUT2D eigenvalue weighted by Crippen LogP contribution is -2.28. The Morgan fingerprint density at radius 2 is 0.609 bits per heavy atom. The van der Waals surface area contributed by atoms with Gasteiger partial charge in [-0.2, -0.15) is 0 Å². The average Bonchev–Trinajstić information content (AvgIpc) is 3.14. The maximum absolute atomic E-state index is 6.90. The van der Waals surface area contributed by atoms with E-state index in [1.165, 1.54) is 0 Å². The summed E-state index contributed by atoms with van der Waals surface area (Å²) < 4.78 is 0. The quantitative estimate of drug-likeness (QED) is 0.137. The molecular weight excluding hydrogens is 635 g/mol. The van der Waals surface area contributed by atoms with Crippen LogP contribution in [0.2, 0.25) is 0 Å². The van der Waals surface area contributed by atoms with E-state index in [1.807, 2.05) is 60.7 Å². The molecule has 6 heteroatoms. The summed E-state index contributed by atoms with van der Waals surface area (Å²) in [4.78, 5) is 0. The molecule has 0 aliphatic rings. The van der Waals surface area contributed by atoms with E-state index in [9.17, 15) is 0 Å². The maximum Gasteiger partial charge on any atom is 0.0395 e. The first-order valence-electron chi connectivity index (χ1n) is 15.0. The number of allylic oxidation sites excluding steroid dienone is 2. The third kappa shape index (κ3) is 6.10. The van der Waals surface area contributed by atoms with Crippen molar-refractivity contribution in [3.63, 3.8) is 0 Å². The predicted molar refractivity (Wildman–Crippen MR) is 209 cm³/mol. The number of hydrogen-bond acceptors (Lipinski definition) is 4. The Morgan fingerprint density at radius 3 is 0.891 bits per heavy atom. The van der Waals surface area contributed by atoms with Gasteiger partial charge in [0.25, 0.3) is 0 Å². The topological polar surface area (TPSA) is 52.0 Å². The van der Waals surface area contributed by atoms with Crippen LogP contribution < -0.4 is 43.3 Å². The summed E-state index contributed by atoms with van der Waals surface area (Å²) in [5.41, 5.74) is 16.8. The fraction of sp³-hybridized carbons (Fsp3) is 0. The van der Waals surface area contributed by atoms with E-state index in [1.54, 1.807) is 0 Å². The summed E-state index contributed by atoms with van der Waals surface area (Å²) in [6.45, 7) is 0. The zero-order valence-corrected chi connectivity index (χ0v) is 28.6. The van der Waals surface area contributed by atoms with Crippen molar-refractivity contribution in [1.29, 1.82) is 0 Å².